The summed E-state index contributed by atoms with van der Waals surface area (Å²) in [5.41, 5.74) is -0.163. The highest BCUT2D eigenvalue weighted by atomic mass is 35.5. The van der Waals surface area contributed by atoms with Crippen molar-refractivity contribution in [2.45, 2.75) is 33.0 Å². The van der Waals surface area contributed by atoms with Crippen LogP contribution in [0.25, 0.3) is 0 Å². The average molecular weight is 361 g/mol. The largest absolute Gasteiger partial charge is 0.475 e. The van der Waals surface area contributed by atoms with Crippen LogP contribution in [-0.2, 0) is 6.18 Å². The maximum absolute atomic E-state index is 12.5. The van der Waals surface area contributed by atoms with Crippen molar-refractivity contribution in [2.24, 2.45) is 0 Å². The molecule has 2 aromatic rings. The van der Waals surface area contributed by atoms with E-state index in [1.165, 1.54) is 6.07 Å². The number of aromatic nitrogens is 3. The number of nitrogens with one attached hydrogen (secondary N) is 1. The summed E-state index contributed by atoms with van der Waals surface area (Å²) in [5, 5.41) is 3.50. The zero-order valence-corrected chi connectivity index (χ0v) is 14.0. The predicted molar refractivity (Wildman–Crippen MR) is 84.3 cm³/mol. The quantitative estimate of drug-likeness (QED) is 0.872. The Hall–Kier alpha value is -2.09. The minimum Gasteiger partial charge on any atom is -0.475 e. The standard InChI is InChI=1S/C15H16ClF3N4O/c1-8(21-14-13(16)9(2)22-10(3)23-14)7-24-12-5-4-11(6-20-12)15(17,18)19/h4-6,8H,7H2,1-3H3,(H,21,22,23)/t8-/m0/s1. The number of rotatable bonds is 5. The van der Waals surface area contributed by atoms with E-state index in [4.69, 9.17) is 16.3 Å². The molecule has 0 saturated carbocycles. The van der Waals surface area contributed by atoms with Crippen LogP contribution in [0.5, 0.6) is 5.88 Å². The van der Waals surface area contributed by atoms with Gasteiger partial charge in [-0.1, -0.05) is 11.6 Å². The van der Waals surface area contributed by atoms with Crippen LogP contribution in [0, 0.1) is 13.8 Å². The lowest BCUT2D eigenvalue weighted by Gasteiger charge is -2.17. The summed E-state index contributed by atoms with van der Waals surface area (Å²) >= 11 is 6.14. The Balaban J connectivity index is 1.95. The van der Waals surface area contributed by atoms with Crippen LogP contribution in [0.2, 0.25) is 5.02 Å². The molecule has 2 heterocycles. The highest BCUT2D eigenvalue weighted by Crippen LogP contribution is 2.29. The molecule has 1 atom stereocenters. The molecule has 130 valence electrons. The van der Waals surface area contributed by atoms with Crippen LogP contribution in [0.3, 0.4) is 0 Å². The monoisotopic (exact) mass is 360 g/mol. The van der Waals surface area contributed by atoms with Gasteiger partial charge in [-0.05, 0) is 26.8 Å². The van der Waals surface area contributed by atoms with Crippen LogP contribution < -0.4 is 10.1 Å². The molecule has 9 heteroatoms. The molecule has 2 rings (SSSR count). The molecule has 0 aliphatic rings. The van der Waals surface area contributed by atoms with Crippen molar-refractivity contribution in [2.75, 3.05) is 11.9 Å². The summed E-state index contributed by atoms with van der Waals surface area (Å²) in [6, 6.07) is 1.91. The molecule has 0 aliphatic heterocycles. The summed E-state index contributed by atoms with van der Waals surface area (Å²) in [6.07, 6.45) is -3.68. The van der Waals surface area contributed by atoms with E-state index < -0.39 is 11.7 Å². The number of pyridine rings is 1. The molecule has 0 saturated heterocycles. The lowest BCUT2D eigenvalue weighted by atomic mass is 10.3. The van der Waals surface area contributed by atoms with E-state index in [0.717, 1.165) is 12.3 Å². The Morgan fingerprint density at radius 1 is 1.25 bits per heavy atom. The normalized spacial score (nSPS) is 12.8. The van der Waals surface area contributed by atoms with E-state index in [1.807, 2.05) is 6.92 Å². The molecule has 0 bridgehead atoms. The highest BCUT2D eigenvalue weighted by Gasteiger charge is 2.30. The minimum absolute atomic E-state index is 0.109. The zero-order chi connectivity index (χ0) is 17.9. The van der Waals surface area contributed by atoms with Crippen molar-refractivity contribution >= 4 is 17.4 Å². The Kier molecular flexibility index (Phi) is 5.48. The van der Waals surface area contributed by atoms with Crippen molar-refractivity contribution in [3.63, 3.8) is 0 Å². The first-order chi connectivity index (χ1) is 11.2. The topological polar surface area (TPSA) is 59.9 Å². The van der Waals surface area contributed by atoms with Gasteiger partial charge in [-0.15, -0.1) is 0 Å². The Labute approximate surface area is 142 Å². The molecule has 5 nitrogen and oxygen atoms in total. The number of ether oxygens (including phenoxy) is 1. The number of anilines is 1. The van der Waals surface area contributed by atoms with Crippen molar-refractivity contribution in [3.05, 3.63) is 40.4 Å². The van der Waals surface area contributed by atoms with Crippen molar-refractivity contribution in [1.82, 2.24) is 15.0 Å². The first-order valence-corrected chi connectivity index (χ1v) is 7.48. The molecule has 0 radical (unpaired) electrons. The SMILES string of the molecule is Cc1nc(C)c(Cl)c(N[C@@H](C)COc2ccc(C(F)(F)F)cn2)n1. The van der Waals surface area contributed by atoms with Crippen LogP contribution in [0.15, 0.2) is 18.3 Å². The van der Waals surface area contributed by atoms with E-state index in [1.54, 1.807) is 13.8 Å². The van der Waals surface area contributed by atoms with Crippen molar-refractivity contribution < 1.29 is 17.9 Å². The first kappa shape index (κ1) is 18.3. The van der Waals surface area contributed by atoms with Crippen molar-refractivity contribution in [3.8, 4) is 5.88 Å². The maximum Gasteiger partial charge on any atom is 0.417 e. The summed E-state index contributed by atoms with van der Waals surface area (Å²) < 4.78 is 42.8. The van der Waals surface area contributed by atoms with Crippen molar-refractivity contribution in [1.29, 1.82) is 0 Å². The van der Waals surface area contributed by atoms with Gasteiger partial charge in [-0.2, -0.15) is 13.2 Å². The van der Waals surface area contributed by atoms with Gasteiger partial charge in [0.05, 0.1) is 17.3 Å². The fourth-order valence-electron chi connectivity index (χ4n) is 1.91. The predicted octanol–water partition coefficient (Wildman–Crippen LogP) is 4.04. The number of hydrogen-bond donors (Lipinski definition) is 1. The van der Waals surface area contributed by atoms with E-state index >= 15 is 0 Å². The first-order valence-electron chi connectivity index (χ1n) is 7.10. The number of aryl methyl sites for hydroxylation is 2. The Morgan fingerprint density at radius 3 is 2.54 bits per heavy atom. The lowest BCUT2D eigenvalue weighted by molar-refractivity contribution is -0.137. The molecule has 0 unspecified atom stereocenters. The second-order valence-corrected chi connectivity index (χ2v) is 5.64. The second-order valence-electron chi connectivity index (χ2n) is 5.26. The number of nitrogens with zero attached hydrogens (tertiary/aromatic N) is 3. The lowest BCUT2D eigenvalue weighted by Crippen LogP contribution is -2.25. The molecular formula is C15H16ClF3N4O. The smallest absolute Gasteiger partial charge is 0.417 e. The summed E-state index contributed by atoms with van der Waals surface area (Å²) in [4.78, 5) is 12.0. The van der Waals surface area contributed by atoms with Gasteiger partial charge in [-0.3, -0.25) is 0 Å². The van der Waals surface area contributed by atoms with Gasteiger partial charge in [-0.25, -0.2) is 15.0 Å². The van der Waals surface area contributed by atoms with Gasteiger partial charge >= 0.3 is 6.18 Å². The minimum atomic E-state index is -4.42. The van der Waals surface area contributed by atoms with Crippen LogP contribution in [0.1, 0.15) is 24.0 Å². The van der Waals surface area contributed by atoms with Gasteiger partial charge < -0.3 is 10.1 Å². The summed E-state index contributed by atoms with van der Waals surface area (Å²) in [5.74, 6) is 1.17. The Bertz CT molecular complexity index is 707. The van der Waals surface area contributed by atoms with E-state index in [2.05, 4.69) is 20.3 Å². The van der Waals surface area contributed by atoms with Crippen LogP contribution in [-0.4, -0.2) is 27.6 Å². The molecule has 0 aromatic carbocycles. The van der Waals surface area contributed by atoms with E-state index in [0.29, 0.717) is 22.4 Å². The number of halogens is 4. The van der Waals surface area contributed by atoms with Crippen LogP contribution in [0.4, 0.5) is 19.0 Å². The average Bonchev–Trinajstić information content (AvgIpc) is 2.49. The molecule has 0 spiro atoms. The fourth-order valence-corrected chi connectivity index (χ4v) is 2.05. The molecule has 2 aromatic heterocycles. The maximum atomic E-state index is 12.5. The third-order valence-electron chi connectivity index (χ3n) is 3.06. The second kappa shape index (κ2) is 7.21. The van der Waals surface area contributed by atoms with Gasteiger partial charge in [0.15, 0.2) is 0 Å². The summed E-state index contributed by atoms with van der Waals surface area (Å²) in [6.45, 7) is 5.53. The van der Waals surface area contributed by atoms with Gasteiger partial charge in [0.2, 0.25) is 5.88 Å². The molecular weight excluding hydrogens is 345 g/mol. The Morgan fingerprint density at radius 2 is 1.96 bits per heavy atom. The van der Waals surface area contributed by atoms with Gasteiger partial charge in [0.25, 0.3) is 0 Å². The summed E-state index contributed by atoms with van der Waals surface area (Å²) in [7, 11) is 0. The third-order valence-corrected chi connectivity index (χ3v) is 3.51. The van der Waals surface area contributed by atoms with Gasteiger partial charge in [0, 0.05) is 12.3 Å². The highest BCUT2D eigenvalue weighted by molar-refractivity contribution is 6.33. The van der Waals surface area contributed by atoms with E-state index in [9.17, 15) is 13.2 Å². The zero-order valence-electron chi connectivity index (χ0n) is 13.3. The van der Waals surface area contributed by atoms with E-state index in [-0.39, 0.29) is 18.5 Å². The number of alkyl halides is 3. The third kappa shape index (κ3) is 4.70. The van der Waals surface area contributed by atoms with Gasteiger partial charge in [0.1, 0.15) is 23.3 Å². The molecule has 0 aliphatic carbocycles. The van der Waals surface area contributed by atoms with Crippen LogP contribution >= 0.6 is 11.6 Å². The molecule has 0 fully saturated rings. The fraction of sp³-hybridized carbons (Fsp3) is 0.400. The number of hydrogen-bond acceptors (Lipinski definition) is 5. The molecule has 0 amide bonds. The molecule has 24 heavy (non-hydrogen) atoms. The molecule has 1 N–H and O–H groups in total.